The lowest BCUT2D eigenvalue weighted by molar-refractivity contribution is -0.143. The Morgan fingerprint density at radius 3 is 1.56 bits per heavy atom. The number of benzene rings is 2. The molecule has 0 atom stereocenters. The maximum atomic E-state index is 13.4. The molecule has 0 spiro atoms. The highest BCUT2D eigenvalue weighted by molar-refractivity contribution is 6.07. The van der Waals surface area contributed by atoms with Crippen molar-refractivity contribution in [2.24, 2.45) is 10.8 Å². The molecule has 0 heterocycles. The van der Waals surface area contributed by atoms with Gasteiger partial charge in [0.25, 0.3) is 0 Å². The number of ether oxygens (including phenoxy) is 4. The van der Waals surface area contributed by atoms with Gasteiger partial charge >= 0.3 is 11.9 Å². The molecule has 7 heteroatoms. The zero-order valence-electron chi connectivity index (χ0n) is 28.5. The Hall–Kier alpha value is -3.61. The third-order valence-corrected chi connectivity index (χ3v) is 6.56. The predicted molar refractivity (Wildman–Crippen MR) is 172 cm³/mol. The van der Waals surface area contributed by atoms with Crippen molar-refractivity contribution in [3.8, 4) is 23.0 Å². The number of esters is 2. The van der Waals surface area contributed by atoms with Crippen molar-refractivity contribution < 1.29 is 33.3 Å². The smallest absolute Gasteiger partial charge is 0.316 e. The second-order valence-electron chi connectivity index (χ2n) is 14.8. The van der Waals surface area contributed by atoms with Crippen molar-refractivity contribution in [3.63, 3.8) is 0 Å². The van der Waals surface area contributed by atoms with Gasteiger partial charge in [0, 0.05) is 16.7 Å². The molecule has 0 aliphatic rings. The van der Waals surface area contributed by atoms with E-state index in [1.54, 1.807) is 79.0 Å². The molecule has 0 bridgehead atoms. The van der Waals surface area contributed by atoms with Crippen molar-refractivity contribution in [2.75, 3.05) is 13.7 Å². The van der Waals surface area contributed by atoms with Crippen LogP contribution in [-0.4, -0.2) is 31.4 Å². The van der Waals surface area contributed by atoms with Crippen LogP contribution < -0.4 is 18.9 Å². The number of rotatable bonds is 8. The van der Waals surface area contributed by atoms with Crippen LogP contribution in [-0.2, 0) is 20.4 Å². The lowest BCUT2D eigenvalue weighted by Crippen LogP contribution is -2.29. The van der Waals surface area contributed by atoms with E-state index in [2.05, 4.69) is 20.8 Å². The Bertz CT molecular complexity index is 1370. The summed E-state index contributed by atoms with van der Waals surface area (Å²) < 4.78 is 23.9. The molecule has 0 aromatic heterocycles. The lowest BCUT2D eigenvalue weighted by atomic mass is 9.76. The second kappa shape index (κ2) is 12.9. The first-order valence-corrected chi connectivity index (χ1v) is 14.7. The normalized spacial score (nSPS) is 12.7. The summed E-state index contributed by atoms with van der Waals surface area (Å²) in [4.78, 5) is 39.0. The Morgan fingerprint density at radius 2 is 1.14 bits per heavy atom. The van der Waals surface area contributed by atoms with Gasteiger partial charge in [-0.05, 0) is 95.7 Å². The van der Waals surface area contributed by atoms with E-state index in [1.807, 2.05) is 27.7 Å². The Balaban J connectivity index is 2.82. The monoisotopic (exact) mass is 594 g/mol. The molecule has 0 unspecified atom stereocenters. The highest BCUT2D eigenvalue weighted by atomic mass is 16.5. The average molecular weight is 595 g/mol. The van der Waals surface area contributed by atoms with Crippen LogP contribution in [0, 0.1) is 10.8 Å². The fraction of sp³-hybridized carbons (Fsp3) is 0.528. The number of allylic oxidation sites excluding steroid dienone is 1. The molecule has 2 rings (SSSR count). The summed E-state index contributed by atoms with van der Waals surface area (Å²) in [6.45, 7) is 25.2. The lowest BCUT2D eigenvalue weighted by Gasteiger charge is -2.34. The predicted octanol–water partition coefficient (Wildman–Crippen LogP) is 8.49. The van der Waals surface area contributed by atoms with Gasteiger partial charge in [0.1, 0.15) is 23.0 Å². The van der Waals surface area contributed by atoms with Crippen LogP contribution in [0.4, 0.5) is 0 Å². The molecule has 236 valence electrons. The molecule has 0 amide bonds. The van der Waals surface area contributed by atoms with E-state index in [4.69, 9.17) is 18.9 Å². The first kappa shape index (κ1) is 35.6. The van der Waals surface area contributed by atoms with E-state index < -0.39 is 27.6 Å². The van der Waals surface area contributed by atoms with Gasteiger partial charge in [0.05, 0.1) is 30.1 Å². The number of carbonyl (C=O) groups excluding carboxylic acids is 3. The Morgan fingerprint density at radius 1 is 0.674 bits per heavy atom. The SMILES string of the molecule is CCOc1c(C=CC(=O)c2ccc(OC(=O)C(C)(C)C)cc2)c(OC(=O)C(C)(C)C)c(C(C)(C)C)c(OC)c1C(C)(C)C. The molecule has 0 radical (unpaired) electrons. The van der Waals surface area contributed by atoms with Crippen LogP contribution in [0.25, 0.3) is 6.08 Å². The van der Waals surface area contributed by atoms with E-state index in [9.17, 15) is 14.4 Å². The van der Waals surface area contributed by atoms with Crippen LogP contribution >= 0.6 is 0 Å². The summed E-state index contributed by atoms with van der Waals surface area (Å²) in [7, 11) is 1.60. The Labute approximate surface area is 257 Å². The van der Waals surface area contributed by atoms with Crippen LogP contribution in [0.15, 0.2) is 30.3 Å². The number of hydrogen-bond acceptors (Lipinski definition) is 7. The molecular weight excluding hydrogens is 544 g/mol. The minimum Gasteiger partial charge on any atom is -0.496 e. The van der Waals surface area contributed by atoms with E-state index in [1.165, 1.54) is 6.08 Å². The third-order valence-electron chi connectivity index (χ3n) is 6.56. The second-order valence-corrected chi connectivity index (χ2v) is 14.8. The molecule has 2 aromatic carbocycles. The average Bonchev–Trinajstić information content (AvgIpc) is 2.85. The maximum absolute atomic E-state index is 13.4. The molecule has 43 heavy (non-hydrogen) atoms. The van der Waals surface area contributed by atoms with Gasteiger partial charge in [-0.1, -0.05) is 41.5 Å². The number of methoxy groups -OCH3 is 1. The van der Waals surface area contributed by atoms with Gasteiger partial charge < -0.3 is 18.9 Å². The summed E-state index contributed by atoms with van der Waals surface area (Å²) in [6.07, 6.45) is 3.09. The summed E-state index contributed by atoms with van der Waals surface area (Å²) in [5.41, 5.74) is 0.0441. The minimum absolute atomic E-state index is 0.283. The minimum atomic E-state index is -0.786. The van der Waals surface area contributed by atoms with Gasteiger partial charge in [0.2, 0.25) is 0 Å². The van der Waals surface area contributed by atoms with Crippen LogP contribution in [0.5, 0.6) is 23.0 Å². The standard InChI is InChI=1S/C36H50O7/c1-15-41-28-24(20-21-25(37)22-16-18-23(19-17-22)42-31(38)35(8,9)10)29(43-32(39)36(11,12)13)27(34(5,6)7)30(40-14)26(28)33(2,3)4/h16-21H,15H2,1-14H3. The van der Waals surface area contributed by atoms with Crippen LogP contribution in [0.3, 0.4) is 0 Å². The van der Waals surface area contributed by atoms with Crippen LogP contribution in [0.1, 0.15) is 117 Å². The zero-order chi connectivity index (χ0) is 33.1. The molecule has 2 aromatic rings. The van der Waals surface area contributed by atoms with Crippen molar-refractivity contribution in [3.05, 3.63) is 52.6 Å². The maximum Gasteiger partial charge on any atom is 0.316 e. The van der Waals surface area contributed by atoms with E-state index >= 15 is 0 Å². The summed E-state index contributed by atoms with van der Waals surface area (Å²) in [5.74, 6) is 0.664. The molecule has 0 aliphatic carbocycles. The molecule has 0 saturated carbocycles. The first-order chi connectivity index (χ1) is 19.5. The van der Waals surface area contributed by atoms with Gasteiger partial charge in [-0.3, -0.25) is 14.4 Å². The van der Waals surface area contributed by atoms with Crippen molar-refractivity contribution in [1.29, 1.82) is 0 Å². The summed E-state index contributed by atoms with van der Waals surface area (Å²) >= 11 is 0. The topological polar surface area (TPSA) is 88.1 Å². The van der Waals surface area contributed by atoms with Crippen LogP contribution in [0.2, 0.25) is 0 Å². The highest BCUT2D eigenvalue weighted by Gasteiger charge is 2.38. The van der Waals surface area contributed by atoms with Crippen molar-refractivity contribution >= 4 is 23.8 Å². The number of hydrogen-bond donors (Lipinski definition) is 0. The van der Waals surface area contributed by atoms with Gasteiger partial charge in [0.15, 0.2) is 5.78 Å². The molecule has 0 saturated heterocycles. The fourth-order valence-corrected chi connectivity index (χ4v) is 4.27. The van der Waals surface area contributed by atoms with Crippen molar-refractivity contribution in [2.45, 2.75) is 101 Å². The quantitative estimate of drug-likeness (QED) is 0.131. The first-order valence-electron chi connectivity index (χ1n) is 14.7. The molecular formula is C36H50O7. The largest absolute Gasteiger partial charge is 0.496 e. The van der Waals surface area contributed by atoms with E-state index in [0.717, 1.165) is 5.56 Å². The van der Waals surface area contributed by atoms with E-state index in [-0.39, 0.29) is 11.8 Å². The summed E-state index contributed by atoms with van der Waals surface area (Å²) in [6, 6.07) is 6.40. The van der Waals surface area contributed by atoms with Crippen molar-refractivity contribution in [1.82, 2.24) is 0 Å². The van der Waals surface area contributed by atoms with Gasteiger partial charge in [-0.2, -0.15) is 0 Å². The van der Waals surface area contributed by atoms with E-state index in [0.29, 0.717) is 46.3 Å². The Kier molecular flexibility index (Phi) is 10.7. The highest BCUT2D eigenvalue weighted by Crippen LogP contribution is 2.53. The fourth-order valence-electron chi connectivity index (χ4n) is 4.27. The number of ketones is 1. The van der Waals surface area contributed by atoms with Gasteiger partial charge in [-0.25, -0.2) is 0 Å². The zero-order valence-corrected chi connectivity index (χ0v) is 28.5. The molecule has 0 N–H and O–H groups in total. The van der Waals surface area contributed by atoms with Gasteiger partial charge in [-0.15, -0.1) is 0 Å². The third kappa shape index (κ3) is 8.71. The molecule has 0 aliphatic heterocycles. The number of carbonyl (C=O) groups is 3. The summed E-state index contributed by atoms with van der Waals surface area (Å²) in [5, 5.41) is 0. The molecule has 7 nitrogen and oxygen atoms in total. The molecule has 0 fully saturated rings.